The Labute approximate surface area is 119 Å². The Kier molecular flexibility index (Phi) is 5.05. The zero-order chi connectivity index (χ0) is 13.8. The van der Waals surface area contributed by atoms with Crippen LogP contribution in [0.3, 0.4) is 0 Å². The normalized spacial score (nSPS) is 14.1. The summed E-state index contributed by atoms with van der Waals surface area (Å²) in [6.07, 6.45) is 4.38. The maximum Gasteiger partial charge on any atom is 0.348 e. The van der Waals surface area contributed by atoms with Gasteiger partial charge in [0.25, 0.3) is 0 Å². The molecule has 1 aliphatic rings. The molecular formula is C14H23N3OS. The van der Waals surface area contributed by atoms with Crippen molar-refractivity contribution < 1.29 is 0 Å². The van der Waals surface area contributed by atoms with Gasteiger partial charge in [0.15, 0.2) is 0 Å². The van der Waals surface area contributed by atoms with Crippen LogP contribution in [0.5, 0.6) is 0 Å². The SMILES string of the molecule is CCCSc1nc(=O)n(CCN(C)C)c2c1CCC2. The molecule has 0 spiro atoms. The van der Waals surface area contributed by atoms with E-state index < -0.39 is 0 Å². The fourth-order valence-corrected chi connectivity index (χ4v) is 3.37. The third kappa shape index (κ3) is 3.39. The molecule has 1 heterocycles. The summed E-state index contributed by atoms with van der Waals surface area (Å²) in [5.74, 6) is 1.04. The second kappa shape index (κ2) is 6.57. The Bertz CT molecular complexity index is 496. The number of rotatable bonds is 6. The molecule has 0 saturated heterocycles. The molecule has 0 saturated carbocycles. The summed E-state index contributed by atoms with van der Waals surface area (Å²) in [6.45, 7) is 3.79. The van der Waals surface area contributed by atoms with Crippen LogP contribution < -0.4 is 5.69 Å². The van der Waals surface area contributed by atoms with Gasteiger partial charge in [-0.2, -0.15) is 4.98 Å². The largest absolute Gasteiger partial charge is 0.348 e. The highest BCUT2D eigenvalue weighted by Gasteiger charge is 2.21. The average Bonchev–Trinajstić information content (AvgIpc) is 2.84. The van der Waals surface area contributed by atoms with Gasteiger partial charge in [-0.1, -0.05) is 6.92 Å². The van der Waals surface area contributed by atoms with Crippen LogP contribution >= 0.6 is 11.8 Å². The number of aromatic nitrogens is 2. The van der Waals surface area contributed by atoms with Crippen LogP contribution in [0.2, 0.25) is 0 Å². The van der Waals surface area contributed by atoms with Crippen LogP contribution in [0.4, 0.5) is 0 Å². The van der Waals surface area contributed by atoms with E-state index in [1.807, 2.05) is 18.7 Å². The Morgan fingerprint density at radius 3 is 2.84 bits per heavy atom. The van der Waals surface area contributed by atoms with E-state index in [1.54, 1.807) is 11.8 Å². The molecule has 0 N–H and O–H groups in total. The van der Waals surface area contributed by atoms with Crippen molar-refractivity contribution in [2.45, 2.75) is 44.2 Å². The predicted octanol–water partition coefficient (Wildman–Crippen LogP) is 1.80. The molecular weight excluding hydrogens is 258 g/mol. The first-order chi connectivity index (χ1) is 9.13. The molecule has 5 heteroatoms. The molecule has 0 fully saturated rings. The van der Waals surface area contributed by atoms with Gasteiger partial charge < -0.3 is 4.90 Å². The molecule has 0 aliphatic heterocycles. The fraction of sp³-hybridized carbons (Fsp3) is 0.714. The second-order valence-electron chi connectivity index (χ2n) is 5.28. The van der Waals surface area contributed by atoms with Crippen molar-refractivity contribution in [2.24, 2.45) is 0 Å². The molecule has 0 unspecified atom stereocenters. The third-order valence-electron chi connectivity index (χ3n) is 3.41. The lowest BCUT2D eigenvalue weighted by atomic mass is 10.2. The molecule has 0 amide bonds. The molecule has 0 radical (unpaired) electrons. The number of fused-ring (bicyclic) bond motifs is 1. The van der Waals surface area contributed by atoms with Gasteiger partial charge in [-0.15, -0.1) is 11.8 Å². The zero-order valence-corrected chi connectivity index (χ0v) is 12.9. The molecule has 4 nitrogen and oxygen atoms in total. The summed E-state index contributed by atoms with van der Waals surface area (Å²) < 4.78 is 1.89. The van der Waals surface area contributed by atoms with Crippen molar-refractivity contribution in [1.82, 2.24) is 14.5 Å². The van der Waals surface area contributed by atoms with Gasteiger partial charge in [-0.25, -0.2) is 4.79 Å². The van der Waals surface area contributed by atoms with Crippen molar-refractivity contribution in [3.8, 4) is 0 Å². The quantitative estimate of drug-likeness (QED) is 0.589. The van der Waals surface area contributed by atoms with Gasteiger partial charge in [-0.05, 0) is 45.5 Å². The summed E-state index contributed by atoms with van der Waals surface area (Å²) in [6, 6.07) is 0. The van der Waals surface area contributed by atoms with E-state index >= 15 is 0 Å². The first-order valence-electron chi connectivity index (χ1n) is 7.03. The second-order valence-corrected chi connectivity index (χ2v) is 6.37. The molecule has 0 atom stereocenters. The van der Waals surface area contributed by atoms with E-state index in [9.17, 15) is 4.79 Å². The summed E-state index contributed by atoms with van der Waals surface area (Å²) in [5.41, 5.74) is 2.50. The lowest BCUT2D eigenvalue weighted by Crippen LogP contribution is -2.31. The summed E-state index contributed by atoms with van der Waals surface area (Å²) in [5, 5.41) is 0.987. The number of thioether (sulfide) groups is 1. The summed E-state index contributed by atoms with van der Waals surface area (Å²) in [4.78, 5) is 18.6. The van der Waals surface area contributed by atoms with Gasteiger partial charge in [0, 0.05) is 24.3 Å². The van der Waals surface area contributed by atoms with Gasteiger partial charge in [0.2, 0.25) is 0 Å². The third-order valence-corrected chi connectivity index (χ3v) is 4.64. The van der Waals surface area contributed by atoms with Gasteiger partial charge in [0.05, 0.1) is 0 Å². The highest BCUT2D eigenvalue weighted by Crippen LogP contribution is 2.29. The number of hydrogen-bond donors (Lipinski definition) is 0. The minimum absolute atomic E-state index is 0.0684. The maximum atomic E-state index is 12.2. The Hall–Kier alpha value is -0.810. The molecule has 19 heavy (non-hydrogen) atoms. The van der Waals surface area contributed by atoms with Gasteiger partial charge >= 0.3 is 5.69 Å². The smallest absolute Gasteiger partial charge is 0.308 e. The summed E-state index contributed by atoms with van der Waals surface area (Å²) >= 11 is 1.74. The van der Waals surface area contributed by atoms with Crippen LogP contribution in [-0.2, 0) is 19.4 Å². The zero-order valence-electron chi connectivity index (χ0n) is 12.1. The number of nitrogens with zero attached hydrogens (tertiary/aromatic N) is 3. The Morgan fingerprint density at radius 2 is 2.16 bits per heavy atom. The molecule has 2 rings (SSSR count). The number of likely N-dealkylation sites (N-methyl/N-ethyl adjacent to an activating group) is 1. The van der Waals surface area contributed by atoms with Crippen molar-refractivity contribution in [1.29, 1.82) is 0 Å². The minimum atomic E-state index is -0.0684. The maximum absolute atomic E-state index is 12.2. The van der Waals surface area contributed by atoms with Crippen LogP contribution in [-0.4, -0.2) is 40.8 Å². The lowest BCUT2D eigenvalue weighted by molar-refractivity contribution is 0.375. The first kappa shape index (κ1) is 14.6. The molecule has 1 aliphatic carbocycles. The van der Waals surface area contributed by atoms with E-state index in [4.69, 9.17) is 0 Å². The molecule has 1 aromatic heterocycles. The predicted molar refractivity (Wildman–Crippen MR) is 80.1 cm³/mol. The standard InChI is InChI=1S/C14H23N3OS/c1-4-10-19-13-11-6-5-7-12(11)17(14(18)15-13)9-8-16(2)3/h4-10H2,1-3H3. The van der Waals surface area contributed by atoms with Crippen molar-refractivity contribution in [3.05, 3.63) is 21.7 Å². The van der Waals surface area contributed by atoms with E-state index in [-0.39, 0.29) is 5.69 Å². The van der Waals surface area contributed by atoms with Crippen LogP contribution in [0, 0.1) is 0 Å². The monoisotopic (exact) mass is 281 g/mol. The van der Waals surface area contributed by atoms with E-state index in [2.05, 4.69) is 16.8 Å². The molecule has 1 aromatic rings. The van der Waals surface area contributed by atoms with Crippen LogP contribution in [0.15, 0.2) is 9.82 Å². The van der Waals surface area contributed by atoms with Gasteiger partial charge in [0.1, 0.15) is 5.03 Å². The van der Waals surface area contributed by atoms with Gasteiger partial charge in [-0.3, -0.25) is 4.57 Å². The van der Waals surface area contributed by atoms with Crippen molar-refractivity contribution >= 4 is 11.8 Å². The fourth-order valence-electron chi connectivity index (χ4n) is 2.43. The highest BCUT2D eigenvalue weighted by atomic mass is 32.2. The first-order valence-corrected chi connectivity index (χ1v) is 8.02. The Balaban J connectivity index is 2.31. The topological polar surface area (TPSA) is 38.1 Å². The minimum Gasteiger partial charge on any atom is -0.308 e. The highest BCUT2D eigenvalue weighted by molar-refractivity contribution is 7.99. The summed E-state index contributed by atoms with van der Waals surface area (Å²) in [7, 11) is 4.06. The van der Waals surface area contributed by atoms with Crippen LogP contribution in [0.1, 0.15) is 31.0 Å². The van der Waals surface area contributed by atoms with E-state index in [0.717, 1.165) is 49.6 Å². The van der Waals surface area contributed by atoms with E-state index in [1.165, 1.54) is 11.3 Å². The molecule has 106 valence electrons. The molecule has 0 bridgehead atoms. The Morgan fingerprint density at radius 1 is 1.37 bits per heavy atom. The van der Waals surface area contributed by atoms with Crippen molar-refractivity contribution in [3.63, 3.8) is 0 Å². The van der Waals surface area contributed by atoms with Crippen LogP contribution in [0.25, 0.3) is 0 Å². The lowest BCUT2D eigenvalue weighted by Gasteiger charge is -2.16. The van der Waals surface area contributed by atoms with E-state index in [0.29, 0.717) is 0 Å². The van der Waals surface area contributed by atoms with Crippen molar-refractivity contribution in [2.75, 3.05) is 26.4 Å². The average molecular weight is 281 g/mol. The molecule has 0 aromatic carbocycles. The number of hydrogen-bond acceptors (Lipinski definition) is 4.